The molecule has 218 valence electrons. The summed E-state index contributed by atoms with van der Waals surface area (Å²) < 4.78 is 0. The molecule has 0 amide bonds. The molecule has 6 heterocycles. The van der Waals surface area contributed by atoms with Gasteiger partial charge in [0.2, 0.25) is 0 Å². The van der Waals surface area contributed by atoms with Crippen LogP contribution in [0.3, 0.4) is 0 Å². The van der Waals surface area contributed by atoms with Crippen molar-refractivity contribution in [3.05, 3.63) is 82.6 Å². The zero-order valence-electron chi connectivity index (χ0n) is 24.4. The van der Waals surface area contributed by atoms with Crippen LogP contribution in [-0.2, 0) is 12.8 Å². The van der Waals surface area contributed by atoms with Crippen molar-refractivity contribution in [1.29, 1.82) is 0 Å². The van der Waals surface area contributed by atoms with E-state index < -0.39 is 0 Å². The van der Waals surface area contributed by atoms with Crippen LogP contribution in [0, 0.1) is 0 Å². The number of hydrogen-bond acceptors (Lipinski definition) is 6. The minimum absolute atomic E-state index is 1.22. The van der Waals surface area contributed by atoms with Gasteiger partial charge in [-0.1, -0.05) is 52.4 Å². The van der Waals surface area contributed by atoms with Crippen LogP contribution in [0.5, 0.6) is 0 Å². The Morgan fingerprint density at radius 3 is 0.857 bits per heavy atom. The lowest BCUT2D eigenvalue weighted by molar-refractivity contribution is 0.670. The SMILES string of the molecule is CCCCCCc1ccc(-c2ccc(-c3ccc(-c4ccc(-c5ccc(-c6ccc(CCCCCC)s6)s5)s4)s3)s2)s1. The first-order valence-electron chi connectivity index (χ1n) is 15.3. The van der Waals surface area contributed by atoms with Crippen LogP contribution in [0.4, 0.5) is 0 Å². The monoisotopic (exact) mass is 662 g/mol. The highest BCUT2D eigenvalue weighted by atomic mass is 32.1. The molecule has 0 aliphatic carbocycles. The van der Waals surface area contributed by atoms with E-state index in [1.165, 1.54) is 123 Å². The number of thiophene rings is 6. The van der Waals surface area contributed by atoms with Gasteiger partial charge in [-0.3, -0.25) is 0 Å². The lowest BCUT2D eigenvalue weighted by atomic mass is 10.1. The zero-order chi connectivity index (χ0) is 28.7. The van der Waals surface area contributed by atoms with Gasteiger partial charge in [-0.05, 0) is 98.5 Å². The minimum atomic E-state index is 1.22. The van der Waals surface area contributed by atoms with E-state index in [0.717, 1.165) is 0 Å². The Labute approximate surface area is 275 Å². The molecule has 0 unspecified atom stereocenters. The number of rotatable bonds is 15. The van der Waals surface area contributed by atoms with Crippen LogP contribution >= 0.6 is 68.0 Å². The molecule has 6 rings (SSSR count). The van der Waals surface area contributed by atoms with Crippen molar-refractivity contribution in [1.82, 2.24) is 0 Å². The summed E-state index contributed by atoms with van der Waals surface area (Å²) in [6.45, 7) is 4.56. The molecule has 0 nitrogen and oxygen atoms in total. The first kappa shape index (κ1) is 30.2. The Hall–Kier alpha value is -1.80. The van der Waals surface area contributed by atoms with E-state index in [9.17, 15) is 0 Å². The Bertz CT molecular complexity index is 1550. The lowest BCUT2D eigenvalue weighted by Gasteiger charge is -1.96. The van der Waals surface area contributed by atoms with Crippen LogP contribution in [0.15, 0.2) is 72.8 Å². The van der Waals surface area contributed by atoms with Crippen LogP contribution in [0.25, 0.3) is 48.8 Å². The summed E-state index contributed by atoms with van der Waals surface area (Å²) >= 11 is 11.7. The van der Waals surface area contributed by atoms with E-state index >= 15 is 0 Å². The summed E-state index contributed by atoms with van der Waals surface area (Å²) in [6.07, 6.45) is 13.1. The maximum absolute atomic E-state index is 2.34. The van der Waals surface area contributed by atoms with Gasteiger partial charge in [-0.2, -0.15) is 0 Å². The average Bonchev–Trinajstić information content (AvgIpc) is 3.83. The van der Waals surface area contributed by atoms with E-state index in [4.69, 9.17) is 0 Å². The smallest absolute Gasteiger partial charge is 0.0449 e. The van der Waals surface area contributed by atoms with Gasteiger partial charge in [0.25, 0.3) is 0 Å². The summed E-state index contributed by atoms with van der Waals surface area (Å²) in [5, 5.41) is 0. The van der Waals surface area contributed by atoms with Crippen molar-refractivity contribution in [2.24, 2.45) is 0 Å². The zero-order valence-corrected chi connectivity index (χ0v) is 29.3. The summed E-state index contributed by atoms with van der Waals surface area (Å²) in [5.74, 6) is 0. The highest BCUT2D eigenvalue weighted by Crippen LogP contribution is 2.46. The predicted octanol–water partition coefficient (Wildman–Crippen LogP) is 14.6. The largest absolute Gasteiger partial charge is 0.139 e. The molecule has 42 heavy (non-hydrogen) atoms. The normalized spacial score (nSPS) is 11.6. The molecule has 6 aromatic rings. The fourth-order valence-corrected chi connectivity index (χ4v) is 11.7. The quantitative estimate of drug-likeness (QED) is 0.0960. The van der Waals surface area contributed by atoms with E-state index in [2.05, 4.69) is 86.6 Å². The van der Waals surface area contributed by atoms with Gasteiger partial charge in [0.05, 0.1) is 0 Å². The standard InChI is InChI=1S/C36H38S6/c1-3-5-7-9-11-25-13-15-27(37-25)29-17-19-31(39-29)33-21-23-35(41-33)36-24-22-34(42-36)32-20-18-30(40-32)28-16-14-26(38-28)12-10-8-6-4-2/h13-24H,3-12H2,1-2H3. The molecular weight excluding hydrogens is 625 g/mol. The maximum atomic E-state index is 2.34. The van der Waals surface area contributed by atoms with Gasteiger partial charge in [0, 0.05) is 58.5 Å². The third-order valence-electron chi connectivity index (χ3n) is 7.52. The summed E-state index contributed by atoms with van der Waals surface area (Å²) in [5.41, 5.74) is 0. The van der Waals surface area contributed by atoms with E-state index in [0.29, 0.717) is 0 Å². The Kier molecular flexibility index (Phi) is 10.6. The highest BCUT2D eigenvalue weighted by molar-refractivity contribution is 7.30. The highest BCUT2D eigenvalue weighted by Gasteiger charge is 2.14. The van der Waals surface area contributed by atoms with Crippen LogP contribution in [0.1, 0.15) is 75.0 Å². The molecule has 0 aliphatic rings. The molecule has 0 atom stereocenters. The van der Waals surface area contributed by atoms with E-state index in [-0.39, 0.29) is 0 Å². The third kappa shape index (κ3) is 7.46. The van der Waals surface area contributed by atoms with Gasteiger partial charge < -0.3 is 0 Å². The van der Waals surface area contributed by atoms with Gasteiger partial charge in [-0.15, -0.1) is 68.0 Å². The first-order valence-corrected chi connectivity index (χ1v) is 20.2. The third-order valence-corrected chi connectivity index (χ3v) is 15.1. The molecule has 6 aromatic heterocycles. The van der Waals surface area contributed by atoms with Gasteiger partial charge in [0.1, 0.15) is 0 Å². The second kappa shape index (κ2) is 14.8. The van der Waals surface area contributed by atoms with Crippen molar-refractivity contribution in [2.75, 3.05) is 0 Å². The maximum Gasteiger partial charge on any atom is 0.0449 e. The van der Waals surface area contributed by atoms with Crippen LogP contribution < -0.4 is 0 Å². The second-order valence-corrected chi connectivity index (χ2v) is 17.5. The van der Waals surface area contributed by atoms with Crippen LogP contribution in [0.2, 0.25) is 0 Å². The molecule has 0 fully saturated rings. The summed E-state index contributed by atoms with van der Waals surface area (Å²) in [7, 11) is 0. The summed E-state index contributed by atoms with van der Waals surface area (Å²) in [4.78, 5) is 16.9. The second-order valence-electron chi connectivity index (χ2n) is 10.8. The minimum Gasteiger partial charge on any atom is -0.139 e. The van der Waals surface area contributed by atoms with E-state index in [1.54, 1.807) is 0 Å². The molecule has 0 aromatic carbocycles. The Balaban J connectivity index is 1.09. The topological polar surface area (TPSA) is 0 Å². The van der Waals surface area contributed by atoms with E-state index in [1.807, 2.05) is 68.0 Å². The molecule has 0 spiro atoms. The van der Waals surface area contributed by atoms with Gasteiger partial charge in [-0.25, -0.2) is 0 Å². The van der Waals surface area contributed by atoms with Crippen molar-refractivity contribution in [3.63, 3.8) is 0 Å². The molecule has 0 bridgehead atoms. The number of unbranched alkanes of at least 4 members (excludes halogenated alkanes) is 6. The fraction of sp³-hybridized carbons (Fsp3) is 0.333. The van der Waals surface area contributed by atoms with Crippen molar-refractivity contribution < 1.29 is 0 Å². The van der Waals surface area contributed by atoms with Crippen LogP contribution in [-0.4, -0.2) is 0 Å². The fourth-order valence-electron chi connectivity index (χ4n) is 5.15. The Morgan fingerprint density at radius 1 is 0.310 bits per heavy atom. The molecule has 0 radical (unpaired) electrons. The lowest BCUT2D eigenvalue weighted by Crippen LogP contribution is -1.80. The average molecular weight is 663 g/mol. The van der Waals surface area contributed by atoms with Crippen molar-refractivity contribution in [3.8, 4) is 48.8 Å². The molecule has 0 saturated carbocycles. The van der Waals surface area contributed by atoms with Crippen molar-refractivity contribution >= 4 is 68.0 Å². The molecule has 0 aliphatic heterocycles. The summed E-state index contributed by atoms with van der Waals surface area (Å²) in [6, 6.07) is 27.8. The molecular formula is C36H38S6. The predicted molar refractivity (Wildman–Crippen MR) is 197 cm³/mol. The van der Waals surface area contributed by atoms with Gasteiger partial charge in [0.15, 0.2) is 0 Å². The Morgan fingerprint density at radius 2 is 0.571 bits per heavy atom. The first-order chi connectivity index (χ1) is 20.7. The molecule has 6 heteroatoms. The van der Waals surface area contributed by atoms with Gasteiger partial charge >= 0.3 is 0 Å². The van der Waals surface area contributed by atoms with Crippen molar-refractivity contribution in [2.45, 2.75) is 78.1 Å². The molecule has 0 N–H and O–H groups in total. The number of aryl methyl sites for hydroxylation is 2. The molecule has 0 saturated heterocycles. The number of hydrogen-bond donors (Lipinski definition) is 0.